The van der Waals surface area contributed by atoms with E-state index in [1.54, 1.807) is 19.2 Å². The molecule has 3 aromatic rings. The number of halogens is 4. The SMILES string of the molecule is COC(=O)c1cc(Oc2ncc(-c3ccccn3)cc2C(F)(F)F)c(F)cc1N(C(=O)[C@H]1CC[C@H](C)CC1)C1CCC(OC)CC1. The van der Waals surface area contributed by atoms with Gasteiger partial charge in [-0.1, -0.05) is 13.0 Å². The molecule has 12 heteroatoms. The molecule has 0 N–H and O–H groups in total. The van der Waals surface area contributed by atoms with Crippen LogP contribution >= 0.6 is 0 Å². The lowest BCUT2D eigenvalue weighted by molar-refractivity contribution is -0.138. The first-order valence-electron chi connectivity index (χ1n) is 15.4. The first-order valence-corrected chi connectivity index (χ1v) is 15.4. The van der Waals surface area contributed by atoms with Crippen molar-refractivity contribution in [2.24, 2.45) is 11.8 Å². The lowest BCUT2D eigenvalue weighted by Crippen LogP contribution is -2.47. The number of benzene rings is 1. The third kappa shape index (κ3) is 7.32. The molecule has 8 nitrogen and oxygen atoms in total. The number of pyridine rings is 2. The van der Waals surface area contributed by atoms with Crippen molar-refractivity contribution >= 4 is 17.6 Å². The molecule has 2 saturated carbocycles. The van der Waals surface area contributed by atoms with Crippen molar-refractivity contribution in [3.8, 4) is 22.9 Å². The van der Waals surface area contributed by atoms with Crippen molar-refractivity contribution in [2.75, 3.05) is 19.1 Å². The number of amides is 1. The second-order valence-corrected chi connectivity index (χ2v) is 12.0. The molecule has 0 aliphatic heterocycles. The van der Waals surface area contributed by atoms with E-state index >= 15 is 4.39 Å². The van der Waals surface area contributed by atoms with Crippen LogP contribution in [0.3, 0.4) is 0 Å². The van der Waals surface area contributed by atoms with Gasteiger partial charge in [-0.15, -0.1) is 0 Å². The van der Waals surface area contributed by atoms with E-state index in [2.05, 4.69) is 16.9 Å². The lowest BCUT2D eigenvalue weighted by atomic mass is 9.81. The average molecular weight is 644 g/mol. The molecule has 0 unspecified atom stereocenters. The highest BCUT2D eigenvalue weighted by Crippen LogP contribution is 2.42. The van der Waals surface area contributed by atoms with Gasteiger partial charge in [0.1, 0.15) is 5.56 Å². The number of esters is 1. The highest BCUT2D eigenvalue weighted by molar-refractivity contribution is 6.04. The molecule has 2 aliphatic rings. The number of aromatic nitrogens is 2. The number of methoxy groups -OCH3 is 2. The van der Waals surface area contributed by atoms with E-state index in [9.17, 15) is 22.8 Å². The predicted octanol–water partition coefficient (Wildman–Crippen LogP) is 8.00. The van der Waals surface area contributed by atoms with Crippen molar-refractivity contribution in [2.45, 2.75) is 76.6 Å². The maximum Gasteiger partial charge on any atom is 0.421 e. The van der Waals surface area contributed by atoms with Gasteiger partial charge in [0.25, 0.3) is 0 Å². The highest BCUT2D eigenvalue weighted by Gasteiger charge is 2.39. The van der Waals surface area contributed by atoms with E-state index in [1.165, 1.54) is 17.2 Å². The Hall–Kier alpha value is -4.06. The minimum absolute atomic E-state index is 0.00399. The maximum absolute atomic E-state index is 15.9. The number of alkyl halides is 3. The Balaban J connectivity index is 1.55. The van der Waals surface area contributed by atoms with Crippen molar-refractivity contribution in [3.05, 3.63) is 65.7 Å². The normalized spacial score (nSPS) is 21.8. The van der Waals surface area contributed by atoms with Crippen LogP contribution in [0, 0.1) is 17.7 Å². The monoisotopic (exact) mass is 643 g/mol. The number of carbonyl (C=O) groups is 2. The Kier molecular flexibility index (Phi) is 10.2. The molecule has 2 heterocycles. The number of ether oxygens (including phenoxy) is 3. The van der Waals surface area contributed by atoms with E-state index in [-0.39, 0.29) is 46.5 Å². The summed E-state index contributed by atoms with van der Waals surface area (Å²) in [5.41, 5.74) is -1.12. The van der Waals surface area contributed by atoms with E-state index < -0.39 is 35.2 Å². The van der Waals surface area contributed by atoms with Crippen LogP contribution in [0.5, 0.6) is 11.6 Å². The Morgan fingerprint density at radius 1 is 0.935 bits per heavy atom. The van der Waals surface area contributed by atoms with Gasteiger partial charge >= 0.3 is 12.1 Å². The molecule has 0 radical (unpaired) electrons. The van der Waals surface area contributed by atoms with Gasteiger partial charge in [-0.2, -0.15) is 13.2 Å². The van der Waals surface area contributed by atoms with Crippen LogP contribution in [0.15, 0.2) is 48.8 Å². The topological polar surface area (TPSA) is 90.9 Å². The number of rotatable bonds is 8. The maximum atomic E-state index is 15.9. The zero-order chi connectivity index (χ0) is 33.0. The summed E-state index contributed by atoms with van der Waals surface area (Å²) in [4.78, 5) is 36.7. The standard InChI is InChI=1S/C34H37F4N3O5/c1-20-7-9-21(10-8-20)32(42)41(23-11-13-24(44-2)14-12-23)29-18-27(35)30(17-25(29)33(43)45-3)46-31-26(34(36,37)38)16-22(19-40-31)28-6-4-5-15-39-28/h4-6,15-21,23-24H,7-14H2,1-3H3/t20-,21-,23?,24?. The quantitative estimate of drug-likeness (QED) is 0.182. The number of anilines is 1. The van der Waals surface area contributed by atoms with Crippen LogP contribution in [0.2, 0.25) is 0 Å². The van der Waals surface area contributed by atoms with Crippen LogP contribution in [-0.4, -0.2) is 48.2 Å². The highest BCUT2D eigenvalue weighted by atomic mass is 19.4. The van der Waals surface area contributed by atoms with Gasteiger partial charge in [-0.05, 0) is 75.5 Å². The largest absolute Gasteiger partial charge is 0.465 e. The fraction of sp³-hybridized carbons (Fsp3) is 0.471. The molecule has 2 fully saturated rings. The van der Waals surface area contributed by atoms with Crippen LogP contribution < -0.4 is 9.64 Å². The van der Waals surface area contributed by atoms with Crippen molar-refractivity contribution in [1.29, 1.82) is 0 Å². The first-order chi connectivity index (χ1) is 22.0. The second-order valence-electron chi connectivity index (χ2n) is 12.0. The minimum Gasteiger partial charge on any atom is -0.465 e. The molecule has 246 valence electrons. The van der Waals surface area contributed by atoms with Gasteiger partial charge in [-0.3, -0.25) is 9.78 Å². The van der Waals surface area contributed by atoms with Crippen LogP contribution in [0.1, 0.15) is 74.2 Å². The molecule has 2 aliphatic carbocycles. The third-order valence-electron chi connectivity index (χ3n) is 8.98. The van der Waals surface area contributed by atoms with Crippen LogP contribution in [-0.2, 0) is 20.4 Å². The van der Waals surface area contributed by atoms with Gasteiger partial charge in [0, 0.05) is 49.2 Å². The van der Waals surface area contributed by atoms with Crippen LogP contribution in [0.25, 0.3) is 11.3 Å². The van der Waals surface area contributed by atoms with Gasteiger partial charge < -0.3 is 19.1 Å². The predicted molar refractivity (Wildman–Crippen MR) is 162 cm³/mol. The molecular formula is C34H37F4N3O5. The molecule has 2 aromatic heterocycles. The van der Waals surface area contributed by atoms with Gasteiger partial charge in [0.15, 0.2) is 11.6 Å². The second kappa shape index (κ2) is 14.1. The number of carbonyl (C=O) groups excluding carboxylic acids is 2. The molecule has 0 bridgehead atoms. The van der Waals surface area contributed by atoms with Crippen molar-refractivity contribution < 1.29 is 41.4 Å². The smallest absolute Gasteiger partial charge is 0.421 e. The summed E-state index contributed by atoms with van der Waals surface area (Å²) in [5.74, 6) is -3.56. The zero-order valence-electron chi connectivity index (χ0n) is 26.0. The summed E-state index contributed by atoms with van der Waals surface area (Å²) in [6.45, 7) is 2.14. The molecule has 0 atom stereocenters. The van der Waals surface area contributed by atoms with E-state index in [0.717, 1.165) is 44.3 Å². The summed E-state index contributed by atoms with van der Waals surface area (Å²) >= 11 is 0. The van der Waals surface area contributed by atoms with Crippen molar-refractivity contribution in [3.63, 3.8) is 0 Å². The molecule has 46 heavy (non-hydrogen) atoms. The van der Waals surface area contributed by atoms with Gasteiger partial charge in [-0.25, -0.2) is 14.2 Å². The molecule has 0 spiro atoms. The molecular weight excluding hydrogens is 606 g/mol. The Bertz CT molecular complexity index is 1540. The third-order valence-corrected chi connectivity index (χ3v) is 8.98. The van der Waals surface area contributed by atoms with E-state index in [0.29, 0.717) is 44.4 Å². The average Bonchev–Trinajstić information content (AvgIpc) is 3.06. The Morgan fingerprint density at radius 3 is 2.26 bits per heavy atom. The number of hydrogen-bond donors (Lipinski definition) is 0. The molecule has 0 saturated heterocycles. The summed E-state index contributed by atoms with van der Waals surface area (Å²) in [7, 11) is 2.76. The van der Waals surface area contributed by atoms with Gasteiger partial charge in [0.2, 0.25) is 11.8 Å². The Labute approximate surface area is 265 Å². The van der Waals surface area contributed by atoms with Crippen molar-refractivity contribution in [1.82, 2.24) is 9.97 Å². The minimum atomic E-state index is -4.91. The molecule has 5 rings (SSSR count). The molecule has 1 aromatic carbocycles. The number of hydrogen-bond acceptors (Lipinski definition) is 7. The summed E-state index contributed by atoms with van der Waals surface area (Å²) < 4.78 is 74.3. The summed E-state index contributed by atoms with van der Waals surface area (Å²) in [6, 6.07) is 7.21. The zero-order valence-corrected chi connectivity index (χ0v) is 26.0. The fourth-order valence-corrected chi connectivity index (χ4v) is 6.35. The Morgan fingerprint density at radius 2 is 1.65 bits per heavy atom. The van der Waals surface area contributed by atoms with Gasteiger partial charge in [0.05, 0.1) is 30.2 Å². The lowest BCUT2D eigenvalue weighted by Gasteiger charge is -2.40. The summed E-state index contributed by atoms with van der Waals surface area (Å²) in [6.07, 6.45) is 3.25. The fourth-order valence-electron chi connectivity index (χ4n) is 6.35. The van der Waals surface area contributed by atoms with E-state index in [4.69, 9.17) is 14.2 Å². The first kappa shape index (κ1) is 33.3. The number of nitrogens with zero attached hydrogens (tertiary/aromatic N) is 3. The van der Waals surface area contributed by atoms with Crippen LogP contribution in [0.4, 0.5) is 23.2 Å². The summed E-state index contributed by atoms with van der Waals surface area (Å²) in [5, 5.41) is 0. The van der Waals surface area contributed by atoms with E-state index in [1.807, 2.05) is 0 Å². The molecule has 1 amide bonds.